The molecule has 2 aromatic carbocycles. The number of amides is 1. The van der Waals surface area contributed by atoms with Crippen molar-refractivity contribution in [3.63, 3.8) is 0 Å². The number of anilines is 1. The van der Waals surface area contributed by atoms with Crippen LogP contribution in [0, 0.1) is 0 Å². The zero-order chi connectivity index (χ0) is 17.7. The first-order valence-electron chi connectivity index (χ1n) is 6.70. The molecule has 0 unspecified atom stereocenters. The van der Waals surface area contributed by atoms with Crippen molar-refractivity contribution >= 4 is 29.3 Å². The van der Waals surface area contributed by atoms with Gasteiger partial charge in [0.05, 0.1) is 22.6 Å². The van der Waals surface area contributed by atoms with Crippen molar-refractivity contribution < 1.29 is 27.9 Å². The van der Waals surface area contributed by atoms with Crippen LogP contribution >= 0.6 is 11.8 Å². The van der Waals surface area contributed by atoms with Gasteiger partial charge in [-0.05, 0) is 24.3 Å². The van der Waals surface area contributed by atoms with E-state index < -0.39 is 23.6 Å². The standard InChI is InChI=1S/C16H12F3NO3S/c17-16(18,19)11-6-2-3-7-12(11)20-14(21)9-24-13-8-4-1-5-10(13)15(22)23/h1-8H,9H2,(H,20,21)(H,22,23). The van der Waals surface area contributed by atoms with Gasteiger partial charge < -0.3 is 10.4 Å². The number of para-hydroxylation sites is 1. The molecule has 8 heteroatoms. The van der Waals surface area contributed by atoms with E-state index in [1.165, 1.54) is 24.3 Å². The monoisotopic (exact) mass is 355 g/mol. The van der Waals surface area contributed by atoms with Crippen LogP contribution in [0.15, 0.2) is 53.4 Å². The zero-order valence-corrected chi connectivity index (χ0v) is 12.9. The Bertz CT molecular complexity index is 762. The third kappa shape index (κ3) is 4.51. The van der Waals surface area contributed by atoms with Crippen molar-refractivity contribution in [3.8, 4) is 0 Å². The first-order valence-corrected chi connectivity index (χ1v) is 7.69. The molecule has 0 bridgehead atoms. The zero-order valence-electron chi connectivity index (χ0n) is 12.1. The second kappa shape index (κ2) is 7.39. The van der Waals surface area contributed by atoms with E-state index in [0.29, 0.717) is 4.90 Å². The molecule has 0 aliphatic heterocycles. The van der Waals surface area contributed by atoms with Crippen molar-refractivity contribution in [3.05, 3.63) is 59.7 Å². The van der Waals surface area contributed by atoms with Crippen LogP contribution in [0.25, 0.3) is 0 Å². The second-order valence-electron chi connectivity index (χ2n) is 4.68. The van der Waals surface area contributed by atoms with E-state index in [1.54, 1.807) is 12.1 Å². The van der Waals surface area contributed by atoms with Gasteiger partial charge in [0.25, 0.3) is 0 Å². The maximum atomic E-state index is 12.9. The molecule has 2 rings (SSSR count). The Morgan fingerprint density at radius 1 is 1.04 bits per heavy atom. The van der Waals surface area contributed by atoms with Crippen molar-refractivity contribution in [2.75, 3.05) is 11.1 Å². The average Bonchev–Trinajstić information content (AvgIpc) is 2.52. The minimum absolute atomic E-state index is 0.0333. The van der Waals surface area contributed by atoms with Gasteiger partial charge in [0.2, 0.25) is 5.91 Å². The quantitative estimate of drug-likeness (QED) is 0.792. The van der Waals surface area contributed by atoms with Gasteiger partial charge in [0.15, 0.2) is 0 Å². The molecule has 2 aromatic rings. The van der Waals surface area contributed by atoms with E-state index >= 15 is 0 Å². The Balaban J connectivity index is 2.07. The van der Waals surface area contributed by atoms with Gasteiger partial charge in [-0.15, -0.1) is 11.8 Å². The molecular weight excluding hydrogens is 343 g/mol. The number of nitrogens with one attached hydrogen (secondary N) is 1. The van der Waals surface area contributed by atoms with Gasteiger partial charge in [-0.2, -0.15) is 13.2 Å². The molecule has 0 heterocycles. The lowest BCUT2D eigenvalue weighted by molar-refractivity contribution is -0.137. The Morgan fingerprint density at radius 3 is 2.33 bits per heavy atom. The number of carboxylic acids is 1. The number of carbonyl (C=O) groups is 2. The van der Waals surface area contributed by atoms with Crippen LogP contribution in [0.4, 0.5) is 18.9 Å². The Hall–Kier alpha value is -2.48. The summed E-state index contributed by atoms with van der Waals surface area (Å²) < 4.78 is 38.6. The molecule has 0 saturated heterocycles. The molecule has 0 aromatic heterocycles. The molecule has 0 saturated carbocycles. The summed E-state index contributed by atoms with van der Waals surface area (Å²) in [6.07, 6.45) is -4.58. The number of carboxylic acid groups (broad SMARTS) is 1. The number of thioether (sulfide) groups is 1. The fraction of sp³-hybridized carbons (Fsp3) is 0.125. The van der Waals surface area contributed by atoms with Crippen LogP contribution in [0.1, 0.15) is 15.9 Å². The molecular formula is C16H12F3NO3S. The molecule has 126 valence electrons. The van der Waals surface area contributed by atoms with Crippen LogP contribution < -0.4 is 5.32 Å². The molecule has 0 radical (unpaired) electrons. The van der Waals surface area contributed by atoms with Crippen molar-refractivity contribution in [1.82, 2.24) is 0 Å². The van der Waals surface area contributed by atoms with E-state index in [2.05, 4.69) is 5.32 Å². The van der Waals surface area contributed by atoms with Crippen molar-refractivity contribution in [2.24, 2.45) is 0 Å². The fourth-order valence-electron chi connectivity index (χ4n) is 1.94. The molecule has 0 atom stereocenters. The first-order chi connectivity index (χ1) is 11.3. The normalized spacial score (nSPS) is 11.1. The summed E-state index contributed by atoms with van der Waals surface area (Å²) in [5, 5.41) is 11.3. The van der Waals surface area contributed by atoms with Crippen LogP contribution in [0.5, 0.6) is 0 Å². The van der Waals surface area contributed by atoms with E-state index in [9.17, 15) is 22.8 Å². The van der Waals surface area contributed by atoms with Gasteiger partial charge in [-0.25, -0.2) is 4.79 Å². The first kappa shape index (κ1) is 17.9. The lowest BCUT2D eigenvalue weighted by Crippen LogP contribution is -2.18. The summed E-state index contributed by atoms with van der Waals surface area (Å²) >= 11 is 0.942. The van der Waals surface area contributed by atoms with E-state index in [-0.39, 0.29) is 17.0 Å². The van der Waals surface area contributed by atoms with Crippen molar-refractivity contribution in [2.45, 2.75) is 11.1 Å². The maximum absolute atomic E-state index is 12.9. The maximum Gasteiger partial charge on any atom is 0.418 e. The lowest BCUT2D eigenvalue weighted by Gasteiger charge is -2.13. The third-order valence-electron chi connectivity index (χ3n) is 2.98. The summed E-state index contributed by atoms with van der Waals surface area (Å²) in [5.41, 5.74) is -1.23. The SMILES string of the molecule is O=C(CSc1ccccc1C(=O)O)Nc1ccccc1C(F)(F)F. The largest absolute Gasteiger partial charge is 0.478 e. The van der Waals surface area contributed by atoms with Gasteiger partial charge >= 0.3 is 12.1 Å². The number of aromatic carboxylic acids is 1. The fourth-order valence-corrected chi connectivity index (χ4v) is 2.78. The number of hydrogen-bond acceptors (Lipinski definition) is 3. The van der Waals surface area contributed by atoms with Crippen molar-refractivity contribution in [1.29, 1.82) is 0 Å². The summed E-state index contributed by atoms with van der Waals surface area (Å²) in [7, 11) is 0. The molecule has 24 heavy (non-hydrogen) atoms. The van der Waals surface area contributed by atoms with Gasteiger partial charge in [-0.1, -0.05) is 24.3 Å². The smallest absolute Gasteiger partial charge is 0.418 e. The predicted molar refractivity (Wildman–Crippen MR) is 84.2 cm³/mol. The minimum Gasteiger partial charge on any atom is -0.478 e. The topological polar surface area (TPSA) is 66.4 Å². The minimum atomic E-state index is -4.58. The summed E-state index contributed by atoms with van der Waals surface area (Å²) in [6, 6.07) is 10.7. The third-order valence-corrected chi connectivity index (χ3v) is 4.06. The average molecular weight is 355 g/mol. The molecule has 0 aliphatic rings. The highest BCUT2D eigenvalue weighted by Gasteiger charge is 2.33. The molecule has 1 amide bonds. The van der Waals surface area contributed by atoms with Crippen LogP contribution in [0.3, 0.4) is 0 Å². The Labute approximate surface area is 139 Å². The highest BCUT2D eigenvalue weighted by atomic mass is 32.2. The van der Waals surface area contributed by atoms with E-state index in [1.807, 2.05) is 0 Å². The summed E-state index contributed by atoms with van der Waals surface area (Å²) in [6.45, 7) is 0. The molecule has 0 aliphatic carbocycles. The molecule has 4 nitrogen and oxygen atoms in total. The van der Waals surface area contributed by atoms with Gasteiger partial charge in [0.1, 0.15) is 0 Å². The number of benzene rings is 2. The number of alkyl halides is 3. The van der Waals surface area contributed by atoms with Crippen LogP contribution in [-0.4, -0.2) is 22.7 Å². The molecule has 2 N–H and O–H groups in total. The summed E-state index contributed by atoms with van der Waals surface area (Å²) in [5.74, 6) is -2.01. The Kier molecular flexibility index (Phi) is 5.50. The van der Waals surface area contributed by atoms with E-state index in [0.717, 1.165) is 23.9 Å². The highest BCUT2D eigenvalue weighted by molar-refractivity contribution is 8.00. The number of hydrogen-bond donors (Lipinski definition) is 2. The van der Waals surface area contributed by atoms with Crippen LogP contribution in [-0.2, 0) is 11.0 Å². The van der Waals surface area contributed by atoms with E-state index in [4.69, 9.17) is 5.11 Å². The number of rotatable bonds is 5. The predicted octanol–water partition coefficient (Wildman–Crippen LogP) is 4.13. The summed E-state index contributed by atoms with van der Waals surface area (Å²) in [4.78, 5) is 23.3. The number of carbonyl (C=O) groups excluding carboxylic acids is 1. The van der Waals surface area contributed by atoms with Crippen LogP contribution in [0.2, 0.25) is 0 Å². The van der Waals surface area contributed by atoms with Gasteiger partial charge in [0, 0.05) is 4.90 Å². The molecule has 0 fully saturated rings. The van der Waals surface area contributed by atoms with Gasteiger partial charge in [-0.3, -0.25) is 4.79 Å². The highest BCUT2D eigenvalue weighted by Crippen LogP contribution is 2.34. The Morgan fingerprint density at radius 2 is 1.67 bits per heavy atom. The second-order valence-corrected chi connectivity index (χ2v) is 5.70. The number of halogens is 3. The molecule has 0 spiro atoms. The lowest BCUT2D eigenvalue weighted by atomic mass is 10.1.